The smallest absolute Gasteiger partial charge is 0.412 e. The molecule has 0 bridgehead atoms. The van der Waals surface area contributed by atoms with Crippen molar-refractivity contribution in [3.05, 3.63) is 34.6 Å². The fraction of sp³-hybridized carbons (Fsp3) is 0.500. The molecule has 0 saturated heterocycles. The normalized spacial score (nSPS) is 21.7. The van der Waals surface area contributed by atoms with E-state index in [1.54, 1.807) is 0 Å². The van der Waals surface area contributed by atoms with Crippen LogP contribution in [0.2, 0.25) is 5.02 Å². The summed E-state index contributed by atoms with van der Waals surface area (Å²) in [6.45, 7) is 0. The summed E-state index contributed by atoms with van der Waals surface area (Å²) < 4.78 is 53.0. The lowest BCUT2D eigenvalue weighted by Gasteiger charge is -2.28. The monoisotopic (exact) mass is 396 g/mol. The summed E-state index contributed by atoms with van der Waals surface area (Å²) in [7, 11) is 0. The van der Waals surface area contributed by atoms with E-state index in [2.05, 4.69) is 5.32 Å². The topological polar surface area (TPSA) is 78.4 Å². The summed E-state index contributed by atoms with van der Waals surface area (Å²) in [4.78, 5) is 22.8. The average Bonchev–Trinajstić information content (AvgIpc) is 2.55. The Balaban J connectivity index is 2.01. The van der Waals surface area contributed by atoms with Crippen molar-refractivity contribution in [1.82, 2.24) is 10.6 Å². The maximum atomic E-state index is 13.3. The van der Waals surface area contributed by atoms with Crippen LogP contribution in [0.3, 0.4) is 0 Å². The molecule has 1 aromatic carbocycles. The van der Waals surface area contributed by atoms with Gasteiger partial charge in [0.15, 0.2) is 6.04 Å². The molecule has 3 N–H and O–H groups in total. The van der Waals surface area contributed by atoms with E-state index < -0.39 is 52.6 Å². The van der Waals surface area contributed by atoms with Gasteiger partial charge < -0.3 is 15.7 Å². The van der Waals surface area contributed by atoms with Crippen LogP contribution in [0, 0.1) is 11.7 Å². The number of nitrogens with one attached hydrogen (secondary N) is 2. The summed E-state index contributed by atoms with van der Waals surface area (Å²) in [6, 6.07) is -1.28. The van der Waals surface area contributed by atoms with Crippen molar-refractivity contribution in [2.45, 2.75) is 43.9 Å². The van der Waals surface area contributed by atoms with E-state index >= 15 is 0 Å². The van der Waals surface area contributed by atoms with Crippen LogP contribution in [0.5, 0.6) is 0 Å². The number of benzene rings is 1. The number of aliphatic carboxylic acids is 1. The highest BCUT2D eigenvalue weighted by molar-refractivity contribution is 6.30. The van der Waals surface area contributed by atoms with Crippen LogP contribution in [0.4, 0.5) is 22.4 Å². The Morgan fingerprint density at radius 2 is 1.81 bits per heavy atom. The van der Waals surface area contributed by atoms with Crippen molar-refractivity contribution < 1.29 is 32.3 Å². The number of carbonyl (C=O) groups is 2. The van der Waals surface area contributed by atoms with Crippen LogP contribution in [0.25, 0.3) is 0 Å². The van der Waals surface area contributed by atoms with Crippen LogP contribution in [0.15, 0.2) is 18.2 Å². The van der Waals surface area contributed by atoms with Crippen LogP contribution in [-0.2, 0) is 4.79 Å². The van der Waals surface area contributed by atoms with Gasteiger partial charge in [-0.15, -0.1) is 0 Å². The predicted molar refractivity (Wildman–Crippen MR) is 85.3 cm³/mol. The zero-order chi connectivity index (χ0) is 19.5. The Bertz CT molecular complexity index is 676. The molecular formula is C16H17ClF4N2O3. The second-order valence-corrected chi connectivity index (χ2v) is 6.56. The van der Waals surface area contributed by atoms with E-state index in [1.807, 2.05) is 5.32 Å². The van der Waals surface area contributed by atoms with E-state index in [0.29, 0.717) is 25.7 Å². The molecule has 1 aromatic rings. The van der Waals surface area contributed by atoms with Crippen molar-refractivity contribution in [2.75, 3.05) is 0 Å². The van der Waals surface area contributed by atoms with Crippen molar-refractivity contribution >= 4 is 23.6 Å². The highest BCUT2D eigenvalue weighted by Gasteiger charge is 2.42. The second kappa shape index (κ2) is 8.11. The minimum Gasteiger partial charge on any atom is -0.481 e. The van der Waals surface area contributed by atoms with E-state index in [-0.39, 0.29) is 0 Å². The molecule has 0 radical (unpaired) electrons. The molecule has 0 spiro atoms. The number of hydrogen-bond acceptors (Lipinski definition) is 2. The van der Waals surface area contributed by atoms with Crippen molar-refractivity contribution in [3.63, 3.8) is 0 Å². The van der Waals surface area contributed by atoms with E-state index in [1.165, 1.54) is 0 Å². The van der Waals surface area contributed by atoms with E-state index in [9.17, 15) is 27.2 Å². The predicted octanol–water partition coefficient (Wildman–Crippen LogP) is 4.03. The lowest BCUT2D eigenvalue weighted by atomic mass is 9.86. The highest BCUT2D eigenvalue weighted by Crippen LogP contribution is 2.34. The molecule has 2 amide bonds. The Morgan fingerprint density at radius 1 is 1.19 bits per heavy atom. The van der Waals surface area contributed by atoms with Gasteiger partial charge in [0, 0.05) is 6.04 Å². The second-order valence-electron chi connectivity index (χ2n) is 6.15. The maximum Gasteiger partial charge on any atom is 0.412 e. The van der Waals surface area contributed by atoms with Crippen LogP contribution in [-0.4, -0.2) is 29.3 Å². The first-order valence-corrected chi connectivity index (χ1v) is 8.27. The summed E-state index contributed by atoms with van der Waals surface area (Å²) in [5.41, 5.74) is -0.395. The van der Waals surface area contributed by atoms with Crippen molar-refractivity contribution in [3.8, 4) is 0 Å². The minimum absolute atomic E-state index is 0.344. The summed E-state index contributed by atoms with van der Waals surface area (Å²) in [5, 5.41) is 12.7. The third kappa shape index (κ3) is 5.23. The van der Waals surface area contributed by atoms with Gasteiger partial charge in [-0.3, -0.25) is 4.79 Å². The molecule has 1 unspecified atom stereocenters. The largest absolute Gasteiger partial charge is 0.481 e. The molecule has 1 aliphatic carbocycles. The minimum atomic E-state index is -4.81. The van der Waals surface area contributed by atoms with Gasteiger partial charge in [0.2, 0.25) is 0 Å². The van der Waals surface area contributed by atoms with Gasteiger partial charge in [0.05, 0.1) is 10.9 Å². The van der Waals surface area contributed by atoms with Gasteiger partial charge in [0.1, 0.15) is 5.82 Å². The van der Waals surface area contributed by atoms with E-state index in [4.69, 9.17) is 16.7 Å². The molecule has 10 heteroatoms. The molecule has 2 rings (SSSR count). The number of halogens is 5. The zero-order valence-electron chi connectivity index (χ0n) is 13.4. The van der Waals surface area contributed by atoms with E-state index in [0.717, 1.165) is 18.2 Å². The number of carbonyl (C=O) groups excluding carboxylic acids is 1. The number of carboxylic acid groups (broad SMARTS) is 1. The average molecular weight is 397 g/mol. The molecule has 0 aliphatic heterocycles. The SMILES string of the molecule is O=C(NC1CCC(C(=O)O)CC1)NC(c1ccc(F)c(Cl)c1)C(F)(F)F. The van der Waals surface area contributed by atoms with Crippen molar-refractivity contribution in [1.29, 1.82) is 0 Å². The molecule has 1 fully saturated rings. The third-order valence-corrected chi connectivity index (χ3v) is 4.58. The highest BCUT2D eigenvalue weighted by atomic mass is 35.5. The number of carboxylic acids is 1. The Morgan fingerprint density at radius 3 is 2.31 bits per heavy atom. The van der Waals surface area contributed by atoms with Gasteiger partial charge in [0.25, 0.3) is 0 Å². The molecule has 144 valence electrons. The standard InChI is InChI=1S/C16H17ClF4N2O3/c17-11-7-9(3-6-12(11)18)13(16(19,20)21)23-15(26)22-10-4-1-8(2-5-10)14(24)25/h3,6-8,10,13H,1-2,4-5H2,(H,24,25)(H2,22,23,26). The molecule has 1 aliphatic rings. The Labute approximate surface area is 151 Å². The van der Waals surface area contributed by atoms with Gasteiger partial charge in [-0.2, -0.15) is 13.2 Å². The summed E-state index contributed by atoms with van der Waals surface area (Å²) >= 11 is 5.52. The lowest BCUT2D eigenvalue weighted by Crippen LogP contribution is -2.48. The van der Waals surface area contributed by atoms with Gasteiger partial charge in [-0.1, -0.05) is 17.7 Å². The molecule has 0 aromatic heterocycles. The first-order chi connectivity index (χ1) is 12.1. The molecular weight excluding hydrogens is 380 g/mol. The molecule has 1 saturated carbocycles. The zero-order valence-corrected chi connectivity index (χ0v) is 14.2. The first kappa shape index (κ1) is 20.3. The lowest BCUT2D eigenvalue weighted by molar-refractivity contribution is -0.155. The fourth-order valence-electron chi connectivity index (χ4n) is 2.89. The fourth-order valence-corrected chi connectivity index (χ4v) is 3.08. The van der Waals surface area contributed by atoms with Crippen LogP contribution in [0.1, 0.15) is 37.3 Å². The van der Waals surface area contributed by atoms with Crippen LogP contribution < -0.4 is 10.6 Å². The number of hydrogen-bond donors (Lipinski definition) is 3. The maximum absolute atomic E-state index is 13.3. The quantitative estimate of drug-likeness (QED) is 0.672. The Kier molecular flexibility index (Phi) is 6.33. The molecule has 5 nitrogen and oxygen atoms in total. The van der Waals surface area contributed by atoms with Gasteiger partial charge >= 0.3 is 18.2 Å². The molecule has 0 heterocycles. The van der Waals surface area contributed by atoms with Crippen LogP contribution >= 0.6 is 11.6 Å². The number of rotatable bonds is 4. The Hall–Kier alpha value is -2.03. The van der Waals surface area contributed by atoms with Crippen molar-refractivity contribution in [2.24, 2.45) is 5.92 Å². The van der Waals surface area contributed by atoms with Gasteiger partial charge in [-0.05, 0) is 43.4 Å². The number of alkyl halides is 3. The summed E-state index contributed by atoms with van der Waals surface area (Å²) in [5.74, 6) is -2.28. The summed E-state index contributed by atoms with van der Waals surface area (Å²) in [6.07, 6.45) is -3.39. The number of urea groups is 1. The molecule has 26 heavy (non-hydrogen) atoms. The molecule has 1 atom stereocenters. The first-order valence-electron chi connectivity index (χ1n) is 7.89. The number of amides is 2. The third-order valence-electron chi connectivity index (χ3n) is 4.29. The van der Waals surface area contributed by atoms with Gasteiger partial charge in [-0.25, -0.2) is 9.18 Å².